The highest BCUT2D eigenvalue weighted by molar-refractivity contribution is 5.99. The zero-order valence-corrected chi connectivity index (χ0v) is 23.7. The average molecular weight is 560 g/mol. The third-order valence-corrected chi connectivity index (χ3v) is 7.71. The van der Waals surface area contributed by atoms with Gasteiger partial charge in [0.25, 0.3) is 0 Å². The van der Waals surface area contributed by atoms with Crippen molar-refractivity contribution in [3.63, 3.8) is 0 Å². The Hall–Kier alpha value is -5.09. The molecule has 10 heteroatoms. The van der Waals surface area contributed by atoms with Crippen molar-refractivity contribution in [3.05, 3.63) is 83.6 Å². The maximum absolute atomic E-state index is 13.9. The number of pyridine rings is 2. The quantitative estimate of drug-likeness (QED) is 0.229. The van der Waals surface area contributed by atoms with E-state index in [4.69, 9.17) is 0 Å². The number of rotatable bonds is 8. The van der Waals surface area contributed by atoms with Crippen molar-refractivity contribution in [3.8, 4) is 12.1 Å². The van der Waals surface area contributed by atoms with Crippen LogP contribution in [0.5, 0.6) is 0 Å². The Morgan fingerprint density at radius 2 is 1.88 bits per heavy atom. The number of nitriles is 2. The molecule has 0 spiro atoms. The van der Waals surface area contributed by atoms with Gasteiger partial charge in [-0.15, -0.1) is 5.10 Å². The van der Waals surface area contributed by atoms with Crippen molar-refractivity contribution in [2.45, 2.75) is 45.2 Å². The molecule has 0 amide bonds. The molecule has 1 saturated carbocycles. The largest absolute Gasteiger partial charge is 0.383 e. The first kappa shape index (κ1) is 27.1. The van der Waals surface area contributed by atoms with E-state index in [0.29, 0.717) is 45.6 Å². The standard InChI is InChI=1S/C32H30FN9/c1-31(2,3)19-38-29-22(14-35)16-37-28-21(13-34)11-23(12-26(28)29)39-30(25-6-4-5-20-15-36-10-7-24(20)25)27-17-42(41-40-27)32(18-33)8-9-32/h4-7,10-12,15-17,30,39H,8-9,18-19H2,1-3H3,(H,37,38)/t30-/m0/s1. The van der Waals surface area contributed by atoms with Gasteiger partial charge in [-0.25, -0.2) is 9.07 Å². The van der Waals surface area contributed by atoms with Crippen LogP contribution >= 0.6 is 0 Å². The van der Waals surface area contributed by atoms with Gasteiger partial charge < -0.3 is 10.6 Å². The van der Waals surface area contributed by atoms with Gasteiger partial charge in [0.2, 0.25) is 0 Å². The molecule has 1 aliphatic carbocycles. The zero-order valence-electron chi connectivity index (χ0n) is 23.7. The van der Waals surface area contributed by atoms with Crippen LogP contribution < -0.4 is 10.6 Å². The molecule has 0 bridgehead atoms. The Morgan fingerprint density at radius 1 is 1.07 bits per heavy atom. The minimum atomic E-state index is -0.623. The van der Waals surface area contributed by atoms with E-state index in [0.717, 1.165) is 29.2 Å². The molecule has 3 aromatic heterocycles. The topological polar surface area (TPSA) is 128 Å². The van der Waals surface area contributed by atoms with Crippen LogP contribution in [0.3, 0.4) is 0 Å². The average Bonchev–Trinajstić information content (AvgIpc) is 3.64. The first-order chi connectivity index (χ1) is 20.2. The SMILES string of the molecule is CC(C)(C)CNc1c(C#N)cnc2c(C#N)cc(N[C@H](c3cn(C4(CF)CC4)nn3)c3cccc4cnccc34)cc12. The Kier molecular flexibility index (Phi) is 6.70. The number of nitrogens with zero attached hydrogens (tertiary/aromatic N) is 7. The maximum atomic E-state index is 13.9. The summed E-state index contributed by atoms with van der Waals surface area (Å²) in [4.78, 5) is 8.74. The number of anilines is 2. The van der Waals surface area contributed by atoms with Crippen LogP contribution in [-0.2, 0) is 5.54 Å². The fourth-order valence-corrected chi connectivity index (χ4v) is 5.19. The summed E-state index contributed by atoms with van der Waals surface area (Å²) < 4.78 is 15.5. The molecule has 0 aliphatic heterocycles. The Balaban J connectivity index is 1.50. The molecule has 5 aromatic rings. The minimum absolute atomic E-state index is 0.0467. The van der Waals surface area contributed by atoms with Crippen LogP contribution in [0.2, 0.25) is 0 Å². The van der Waals surface area contributed by atoms with E-state index in [1.165, 1.54) is 6.20 Å². The van der Waals surface area contributed by atoms with Crippen LogP contribution in [0.4, 0.5) is 15.8 Å². The van der Waals surface area contributed by atoms with Crippen LogP contribution in [0.1, 0.15) is 62.0 Å². The second kappa shape index (κ2) is 10.4. The normalized spacial score (nSPS) is 14.7. The van der Waals surface area contributed by atoms with Crippen LogP contribution in [0.25, 0.3) is 21.7 Å². The molecule has 0 unspecified atom stereocenters. The summed E-state index contributed by atoms with van der Waals surface area (Å²) >= 11 is 0. The third kappa shape index (κ3) is 4.97. The molecular weight excluding hydrogens is 529 g/mol. The summed E-state index contributed by atoms with van der Waals surface area (Å²) in [5, 5.41) is 38.4. The minimum Gasteiger partial charge on any atom is -0.383 e. The number of alkyl halides is 1. The van der Waals surface area contributed by atoms with E-state index in [9.17, 15) is 14.9 Å². The molecule has 9 nitrogen and oxygen atoms in total. The Bertz CT molecular complexity index is 1880. The molecule has 2 aromatic carbocycles. The second-order valence-corrected chi connectivity index (χ2v) is 12.1. The maximum Gasteiger partial charge on any atom is 0.115 e. The van der Waals surface area contributed by atoms with Crippen LogP contribution in [0, 0.1) is 28.1 Å². The predicted octanol–water partition coefficient (Wildman–Crippen LogP) is 6.24. The summed E-state index contributed by atoms with van der Waals surface area (Å²) in [5.41, 5.74) is 3.44. The summed E-state index contributed by atoms with van der Waals surface area (Å²) in [5.74, 6) is 0. The number of benzene rings is 2. The third-order valence-electron chi connectivity index (χ3n) is 7.71. The van der Waals surface area contributed by atoms with Gasteiger partial charge in [-0.2, -0.15) is 10.5 Å². The van der Waals surface area contributed by atoms with Crippen molar-refractivity contribution < 1.29 is 4.39 Å². The van der Waals surface area contributed by atoms with E-state index in [2.05, 4.69) is 63.8 Å². The highest BCUT2D eigenvalue weighted by Gasteiger charge is 2.46. The van der Waals surface area contributed by atoms with Crippen molar-refractivity contribution in [2.75, 3.05) is 23.9 Å². The van der Waals surface area contributed by atoms with Gasteiger partial charge in [-0.1, -0.05) is 44.2 Å². The van der Waals surface area contributed by atoms with Gasteiger partial charge in [0.1, 0.15) is 24.5 Å². The highest BCUT2D eigenvalue weighted by atomic mass is 19.1. The molecule has 1 fully saturated rings. The lowest BCUT2D eigenvalue weighted by atomic mass is 9.96. The Labute approximate surface area is 243 Å². The van der Waals surface area contributed by atoms with Gasteiger partial charge in [0, 0.05) is 41.6 Å². The molecule has 1 atom stereocenters. The highest BCUT2D eigenvalue weighted by Crippen LogP contribution is 2.44. The fraction of sp³-hybridized carbons (Fsp3) is 0.312. The number of hydrogen-bond donors (Lipinski definition) is 2. The predicted molar refractivity (Wildman–Crippen MR) is 160 cm³/mol. The number of hydrogen-bond acceptors (Lipinski definition) is 8. The molecule has 42 heavy (non-hydrogen) atoms. The molecule has 210 valence electrons. The first-order valence-electron chi connectivity index (χ1n) is 13.8. The summed E-state index contributed by atoms with van der Waals surface area (Å²) in [6.07, 6.45) is 8.31. The lowest BCUT2D eigenvalue weighted by Crippen LogP contribution is -2.20. The van der Waals surface area contributed by atoms with Crippen molar-refractivity contribution in [1.29, 1.82) is 10.5 Å². The van der Waals surface area contributed by atoms with Crippen molar-refractivity contribution >= 4 is 33.1 Å². The lowest BCUT2D eigenvalue weighted by Gasteiger charge is -2.23. The van der Waals surface area contributed by atoms with Crippen molar-refractivity contribution in [2.24, 2.45) is 5.41 Å². The number of fused-ring (bicyclic) bond motifs is 2. The van der Waals surface area contributed by atoms with Gasteiger partial charge in [0.05, 0.1) is 40.1 Å². The summed E-state index contributed by atoms with van der Waals surface area (Å²) in [6, 6.07) is 15.6. The second-order valence-electron chi connectivity index (χ2n) is 12.1. The summed E-state index contributed by atoms with van der Waals surface area (Å²) in [6.45, 7) is 6.44. The van der Waals surface area contributed by atoms with Gasteiger partial charge >= 0.3 is 0 Å². The molecule has 6 rings (SSSR count). The Morgan fingerprint density at radius 3 is 2.60 bits per heavy atom. The smallest absolute Gasteiger partial charge is 0.115 e. The fourth-order valence-electron chi connectivity index (χ4n) is 5.19. The van der Waals surface area contributed by atoms with Gasteiger partial charge in [0.15, 0.2) is 0 Å². The van der Waals surface area contributed by atoms with Crippen LogP contribution in [0.15, 0.2) is 61.2 Å². The molecular formula is C32H30FN9. The van der Waals surface area contributed by atoms with E-state index >= 15 is 0 Å². The van der Waals surface area contributed by atoms with Gasteiger partial charge in [-0.05, 0) is 47.4 Å². The van der Waals surface area contributed by atoms with Gasteiger partial charge in [-0.3, -0.25) is 9.97 Å². The van der Waals surface area contributed by atoms with E-state index in [1.807, 2.05) is 36.5 Å². The van der Waals surface area contributed by atoms with Crippen LogP contribution in [-0.4, -0.2) is 38.2 Å². The van der Waals surface area contributed by atoms with Crippen molar-refractivity contribution in [1.82, 2.24) is 25.0 Å². The molecule has 0 saturated heterocycles. The molecule has 2 N–H and O–H groups in total. The molecule has 3 heterocycles. The number of nitrogens with one attached hydrogen (secondary N) is 2. The molecule has 1 aliphatic rings. The van der Waals surface area contributed by atoms with E-state index < -0.39 is 18.3 Å². The molecule has 0 radical (unpaired) electrons. The number of halogens is 1. The zero-order chi connectivity index (χ0) is 29.5. The number of aromatic nitrogens is 5. The monoisotopic (exact) mass is 559 g/mol. The summed E-state index contributed by atoms with van der Waals surface area (Å²) in [7, 11) is 0. The van der Waals surface area contributed by atoms with E-state index in [1.54, 1.807) is 23.1 Å². The van der Waals surface area contributed by atoms with E-state index in [-0.39, 0.29) is 5.41 Å². The lowest BCUT2D eigenvalue weighted by molar-refractivity contribution is 0.309. The first-order valence-corrected chi connectivity index (χ1v) is 13.8.